The van der Waals surface area contributed by atoms with Crippen molar-refractivity contribution in [1.29, 1.82) is 0 Å². The van der Waals surface area contributed by atoms with Crippen LogP contribution in [-0.2, 0) is 14.3 Å². The quantitative estimate of drug-likeness (QED) is 0.0262. The zero-order chi connectivity index (χ0) is 44.4. The Bertz CT molecular complexity index is 1010. The Morgan fingerprint density at radius 2 is 1.02 bits per heavy atom. The van der Waals surface area contributed by atoms with E-state index in [0.29, 0.717) is 12.8 Å². The summed E-state index contributed by atoms with van der Waals surface area (Å²) in [4.78, 5) is 13.0. The highest BCUT2D eigenvalue weighted by molar-refractivity contribution is 5.76. The molecule has 0 aromatic heterocycles. The first-order chi connectivity index (χ1) is 29.8. The Kier molecular flexibility index (Phi) is 40.3. The molecule has 9 heteroatoms. The van der Waals surface area contributed by atoms with Crippen LogP contribution in [0.1, 0.15) is 245 Å². The fourth-order valence-electron chi connectivity index (χ4n) is 8.44. The summed E-state index contributed by atoms with van der Waals surface area (Å²) in [6.07, 6.45) is 44.7. The number of unbranched alkanes of at least 4 members (excludes halogenated alkanes) is 30. The lowest BCUT2D eigenvalue weighted by Gasteiger charge is -2.40. The van der Waals surface area contributed by atoms with Crippen LogP contribution in [-0.4, -0.2) is 87.5 Å². The fraction of sp³-hybridized carbons (Fsp3) is 0.904. The molecule has 0 saturated carbocycles. The molecule has 9 nitrogen and oxygen atoms in total. The molecule has 1 fully saturated rings. The van der Waals surface area contributed by atoms with E-state index >= 15 is 0 Å². The van der Waals surface area contributed by atoms with Crippen LogP contribution in [0.5, 0.6) is 0 Å². The average molecular weight is 866 g/mol. The number of aliphatic hydroxyl groups is 5. The molecule has 1 amide bonds. The number of nitrogens with one attached hydrogen (secondary N) is 1. The van der Waals surface area contributed by atoms with E-state index in [9.17, 15) is 30.3 Å². The van der Waals surface area contributed by atoms with Gasteiger partial charge in [0.25, 0.3) is 0 Å². The zero-order valence-electron chi connectivity index (χ0n) is 39.7. The molecule has 360 valence electrons. The predicted molar refractivity (Wildman–Crippen MR) is 253 cm³/mol. The van der Waals surface area contributed by atoms with Crippen molar-refractivity contribution in [1.82, 2.24) is 5.32 Å². The molecule has 0 radical (unpaired) electrons. The molecule has 0 spiro atoms. The molecule has 0 aromatic carbocycles. The van der Waals surface area contributed by atoms with Gasteiger partial charge in [-0.2, -0.15) is 0 Å². The maximum Gasteiger partial charge on any atom is 0.220 e. The maximum atomic E-state index is 13.0. The lowest BCUT2D eigenvalue weighted by Crippen LogP contribution is -2.60. The first kappa shape index (κ1) is 57.7. The van der Waals surface area contributed by atoms with Crippen molar-refractivity contribution in [2.24, 2.45) is 0 Å². The Balaban J connectivity index is 2.24. The van der Waals surface area contributed by atoms with E-state index in [2.05, 4.69) is 43.5 Å². The van der Waals surface area contributed by atoms with Crippen molar-refractivity contribution in [2.75, 3.05) is 13.2 Å². The van der Waals surface area contributed by atoms with Crippen LogP contribution in [0.25, 0.3) is 0 Å². The number of hydrogen-bond acceptors (Lipinski definition) is 8. The molecule has 61 heavy (non-hydrogen) atoms. The van der Waals surface area contributed by atoms with Crippen LogP contribution in [0.2, 0.25) is 0 Å². The highest BCUT2D eigenvalue weighted by atomic mass is 16.7. The number of aliphatic hydroxyl groups excluding tert-OH is 5. The molecule has 0 aliphatic carbocycles. The molecule has 1 aliphatic rings. The molecule has 1 aliphatic heterocycles. The van der Waals surface area contributed by atoms with E-state index in [0.717, 1.165) is 51.4 Å². The smallest absolute Gasteiger partial charge is 0.220 e. The second-order valence-corrected chi connectivity index (χ2v) is 18.3. The second-order valence-electron chi connectivity index (χ2n) is 18.3. The van der Waals surface area contributed by atoms with Crippen LogP contribution < -0.4 is 5.32 Å². The van der Waals surface area contributed by atoms with Gasteiger partial charge in [0.2, 0.25) is 5.91 Å². The largest absolute Gasteiger partial charge is 0.394 e. The fourth-order valence-corrected chi connectivity index (χ4v) is 8.44. The summed E-state index contributed by atoms with van der Waals surface area (Å²) in [6.45, 7) is 3.76. The van der Waals surface area contributed by atoms with E-state index in [4.69, 9.17) is 9.47 Å². The van der Waals surface area contributed by atoms with Gasteiger partial charge in [-0.1, -0.05) is 224 Å². The molecule has 1 rings (SSSR count). The van der Waals surface area contributed by atoms with Gasteiger partial charge in [-0.15, -0.1) is 0 Å². The number of hydrogen-bond donors (Lipinski definition) is 6. The normalized spacial score (nSPS) is 20.5. The molecule has 0 aromatic rings. The minimum atomic E-state index is -1.55. The first-order valence-corrected chi connectivity index (χ1v) is 26.0. The summed E-state index contributed by atoms with van der Waals surface area (Å²) in [6, 6.07) is -0.716. The lowest BCUT2D eigenvalue weighted by atomic mass is 9.99. The van der Waals surface area contributed by atoms with Crippen molar-refractivity contribution in [3.05, 3.63) is 24.3 Å². The minimum Gasteiger partial charge on any atom is -0.394 e. The lowest BCUT2D eigenvalue weighted by molar-refractivity contribution is -0.302. The van der Waals surface area contributed by atoms with E-state index in [-0.39, 0.29) is 12.5 Å². The Morgan fingerprint density at radius 1 is 0.574 bits per heavy atom. The van der Waals surface area contributed by atoms with Crippen molar-refractivity contribution in [3.63, 3.8) is 0 Å². The van der Waals surface area contributed by atoms with E-state index in [1.807, 2.05) is 0 Å². The number of carbonyl (C=O) groups excluding carboxylic acids is 1. The summed E-state index contributed by atoms with van der Waals surface area (Å²) in [7, 11) is 0. The Morgan fingerprint density at radius 3 is 1.49 bits per heavy atom. The maximum absolute atomic E-state index is 13.0. The summed E-state index contributed by atoms with van der Waals surface area (Å²) in [5, 5.41) is 54.5. The standard InChI is InChI=1S/C52H99NO8/c1-3-5-7-9-11-13-15-17-19-21-22-23-24-26-28-30-32-34-36-38-40-42-48(56)53-45(44-60-52-51(59)50(58)49(57)47(43-54)61-52)46(55)41-39-37-35-33-31-29-27-25-20-18-16-14-12-10-8-6-4-2/h5,7,11,13,45-47,49-52,54-55,57-59H,3-4,6,8-10,12,14-44H2,1-2H3,(H,53,56)/b7-5-,13-11-. The summed E-state index contributed by atoms with van der Waals surface area (Å²) in [5.74, 6) is -0.142. The van der Waals surface area contributed by atoms with Gasteiger partial charge in [0.1, 0.15) is 24.4 Å². The third-order valence-electron chi connectivity index (χ3n) is 12.6. The number of rotatable bonds is 44. The molecule has 7 atom stereocenters. The third-order valence-corrected chi connectivity index (χ3v) is 12.6. The molecular formula is C52H99NO8. The monoisotopic (exact) mass is 866 g/mol. The highest BCUT2D eigenvalue weighted by Gasteiger charge is 2.44. The van der Waals surface area contributed by atoms with Crippen LogP contribution in [0.15, 0.2) is 24.3 Å². The summed E-state index contributed by atoms with van der Waals surface area (Å²) >= 11 is 0. The van der Waals surface area contributed by atoms with Gasteiger partial charge in [0, 0.05) is 6.42 Å². The van der Waals surface area contributed by atoms with Gasteiger partial charge in [0.05, 0.1) is 25.4 Å². The zero-order valence-corrected chi connectivity index (χ0v) is 39.7. The van der Waals surface area contributed by atoms with Crippen molar-refractivity contribution < 1.29 is 39.8 Å². The van der Waals surface area contributed by atoms with E-state index in [1.54, 1.807) is 0 Å². The SMILES string of the molecule is CC/C=C\C/C=C\CCCCCCCCCCCCCCCCC(=O)NC(COC1OC(CO)C(O)C(O)C1O)C(O)CCCCCCCCCCCCCCCCCCC. The van der Waals surface area contributed by atoms with Crippen molar-refractivity contribution >= 4 is 5.91 Å². The van der Waals surface area contributed by atoms with E-state index in [1.165, 1.54) is 167 Å². The summed E-state index contributed by atoms with van der Waals surface area (Å²) in [5.41, 5.74) is 0. The second kappa shape index (κ2) is 42.6. The van der Waals surface area contributed by atoms with Gasteiger partial charge in [-0.25, -0.2) is 0 Å². The van der Waals surface area contributed by atoms with Gasteiger partial charge in [-0.3, -0.25) is 4.79 Å². The van der Waals surface area contributed by atoms with Gasteiger partial charge < -0.3 is 40.3 Å². The summed E-state index contributed by atoms with van der Waals surface area (Å²) < 4.78 is 11.3. The molecule has 1 saturated heterocycles. The number of amides is 1. The Hall–Kier alpha value is -1.33. The predicted octanol–water partition coefficient (Wildman–Crippen LogP) is 11.8. The number of carbonyl (C=O) groups is 1. The molecular weight excluding hydrogens is 767 g/mol. The topological polar surface area (TPSA) is 149 Å². The van der Waals surface area contributed by atoms with Crippen LogP contribution in [0.3, 0.4) is 0 Å². The number of ether oxygens (including phenoxy) is 2. The third kappa shape index (κ3) is 32.9. The van der Waals surface area contributed by atoms with Crippen LogP contribution in [0, 0.1) is 0 Å². The molecule has 0 bridgehead atoms. The minimum absolute atomic E-state index is 0.135. The van der Waals surface area contributed by atoms with Crippen LogP contribution >= 0.6 is 0 Å². The van der Waals surface area contributed by atoms with Gasteiger partial charge in [0.15, 0.2) is 6.29 Å². The van der Waals surface area contributed by atoms with Crippen molar-refractivity contribution in [3.8, 4) is 0 Å². The first-order valence-electron chi connectivity index (χ1n) is 26.0. The average Bonchev–Trinajstić information content (AvgIpc) is 3.26. The Labute approximate surface area is 375 Å². The number of allylic oxidation sites excluding steroid dienone is 4. The van der Waals surface area contributed by atoms with Gasteiger partial charge >= 0.3 is 0 Å². The molecule has 7 unspecified atom stereocenters. The molecule has 1 heterocycles. The van der Waals surface area contributed by atoms with Crippen LogP contribution in [0.4, 0.5) is 0 Å². The highest BCUT2D eigenvalue weighted by Crippen LogP contribution is 2.23. The van der Waals surface area contributed by atoms with Gasteiger partial charge in [-0.05, 0) is 38.5 Å². The van der Waals surface area contributed by atoms with Crippen molar-refractivity contribution in [2.45, 2.75) is 288 Å². The molecule has 6 N–H and O–H groups in total. The van der Waals surface area contributed by atoms with E-state index < -0.39 is 49.5 Å².